The molecule has 0 saturated carbocycles. The van der Waals surface area contributed by atoms with Crippen molar-refractivity contribution in [2.24, 2.45) is 0 Å². The van der Waals surface area contributed by atoms with E-state index in [0.29, 0.717) is 30.8 Å². The van der Waals surface area contributed by atoms with Gasteiger partial charge in [-0.15, -0.1) is 0 Å². The van der Waals surface area contributed by atoms with Gasteiger partial charge in [0.25, 0.3) is 5.91 Å². The molecule has 0 atom stereocenters. The summed E-state index contributed by atoms with van der Waals surface area (Å²) in [5, 5.41) is 8.51. The third kappa shape index (κ3) is 6.24. The highest BCUT2D eigenvalue weighted by molar-refractivity contribution is 5.99. The van der Waals surface area contributed by atoms with Crippen LogP contribution in [0, 0.1) is 6.92 Å². The Bertz CT molecular complexity index is 1420. The number of aromatic nitrogens is 2. The van der Waals surface area contributed by atoms with Gasteiger partial charge in [0, 0.05) is 24.6 Å². The number of rotatable bonds is 8. The van der Waals surface area contributed by atoms with Crippen LogP contribution in [-0.4, -0.2) is 47.5 Å². The van der Waals surface area contributed by atoms with Gasteiger partial charge in [-0.3, -0.25) is 9.48 Å². The molecule has 1 N–H and O–H groups in total. The van der Waals surface area contributed by atoms with Crippen molar-refractivity contribution in [2.75, 3.05) is 20.3 Å². The van der Waals surface area contributed by atoms with E-state index in [1.165, 1.54) is 0 Å². The molecule has 1 amide bonds. The fourth-order valence-corrected chi connectivity index (χ4v) is 4.18. The summed E-state index contributed by atoms with van der Waals surface area (Å²) in [4.78, 5) is 25.2. The summed E-state index contributed by atoms with van der Waals surface area (Å²) >= 11 is 0. The summed E-state index contributed by atoms with van der Waals surface area (Å²) in [6.45, 7) is 9.05. The number of amides is 1. The Kier molecular flexibility index (Phi) is 7.74. The predicted molar refractivity (Wildman–Crippen MR) is 145 cm³/mol. The second-order valence-corrected chi connectivity index (χ2v) is 9.97. The van der Waals surface area contributed by atoms with Gasteiger partial charge in [-0.05, 0) is 68.7 Å². The Morgan fingerprint density at radius 2 is 1.73 bits per heavy atom. The minimum atomic E-state index is -0.562. The summed E-state index contributed by atoms with van der Waals surface area (Å²) in [6.07, 6.45) is 0. The van der Waals surface area contributed by atoms with Crippen molar-refractivity contribution >= 4 is 22.8 Å². The molecule has 4 aromatic rings. The maximum absolute atomic E-state index is 12.8. The average Bonchev–Trinajstić information content (AvgIpc) is 3.18. The van der Waals surface area contributed by atoms with Crippen LogP contribution in [0.15, 0.2) is 66.7 Å². The molecule has 0 spiro atoms. The minimum Gasteiger partial charge on any atom is -0.456 e. The lowest BCUT2D eigenvalue weighted by molar-refractivity contribution is 0.00703. The van der Waals surface area contributed by atoms with E-state index in [1.807, 2.05) is 93.0 Å². The third-order valence-corrected chi connectivity index (χ3v) is 5.93. The van der Waals surface area contributed by atoms with Crippen LogP contribution in [-0.2, 0) is 16.0 Å². The Labute approximate surface area is 217 Å². The SMILES string of the molecule is COCCNC(=O)c1ccc2c(c1)c(C)nn2Cc1ccc(-c2ccccc2C(=O)OC(C)(C)C)cc1. The zero-order chi connectivity index (χ0) is 26.6. The molecule has 0 aliphatic rings. The van der Waals surface area contributed by atoms with Crippen molar-refractivity contribution in [1.29, 1.82) is 0 Å². The largest absolute Gasteiger partial charge is 0.456 e. The van der Waals surface area contributed by atoms with Gasteiger partial charge >= 0.3 is 5.97 Å². The molecule has 0 fully saturated rings. The molecule has 0 aliphatic carbocycles. The monoisotopic (exact) mass is 499 g/mol. The van der Waals surface area contributed by atoms with Crippen LogP contribution in [0.5, 0.6) is 0 Å². The van der Waals surface area contributed by atoms with Crippen molar-refractivity contribution in [2.45, 2.75) is 39.8 Å². The normalized spacial score (nSPS) is 11.5. The first-order chi connectivity index (χ1) is 17.7. The molecule has 3 aromatic carbocycles. The highest BCUT2D eigenvalue weighted by Crippen LogP contribution is 2.27. The lowest BCUT2D eigenvalue weighted by Crippen LogP contribution is -2.26. The van der Waals surface area contributed by atoms with Gasteiger partial charge < -0.3 is 14.8 Å². The molecule has 1 aromatic heterocycles. The van der Waals surface area contributed by atoms with Gasteiger partial charge in [-0.2, -0.15) is 5.10 Å². The van der Waals surface area contributed by atoms with Crippen molar-refractivity contribution in [3.63, 3.8) is 0 Å². The number of fused-ring (bicyclic) bond motifs is 1. The van der Waals surface area contributed by atoms with Crippen LogP contribution in [0.2, 0.25) is 0 Å². The van der Waals surface area contributed by atoms with E-state index in [9.17, 15) is 9.59 Å². The van der Waals surface area contributed by atoms with E-state index in [1.54, 1.807) is 13.2 Å². The van der Waals surface area contributed by atoms with E-state index >= 15 is 0 Å². The summed E-state index contributed by atoms with van der Waals surface area (Å²) < 4.78 is 12.5. The molecule has 0 saturated heterocycles. The number of hydrogen-bond donors (Lipinski definition) is 1. The Hall–Kier alpha value is -3.97. The predicted octanol–water partition coefficient (Wildman–Crippen LogP) is 5.39. The van der Waals surface area contributed by atoms with Gasteiger partial charge in [0.1, 0.15) is 5.60 Å². The standard InChI is InChI=1S/C30H33N3O4/c1-20-26-18-23(28(34)31-16-17-36-5)14-15-27(26)33(32-20)19-21-10-12-22(13-11-21)24-8-6-7-9-25(24)29(35)37-30(2,3)4/h6-15,18H,16-17,19H2,1-5H3,(H,31,34). The zero-order valence-corrected chi connectivity index (χ0v) is 22.0. The second kappa shape index (κ2) is 11.0. The maximum atomic E-state index is 12.8. The Morgan fingerprint density at radius 1 is 1.00 bits per heavy atom. The zero-order valence-electron chi connectivity index (χ0n) is 22.0. The van der Waals surface area contributed by atoms with Crippen molar-refractivity contribution in [3.05, 3.63) is 89.1 Å². The number of carbonyl (C=O) groups is 2. The number of nitrogens with zero attached hydrogens (tertiary/aromatic N) is 2. The first-order valence-electron chi connectivity index (χ1n) is 12.3. The van der Waals surface area contributed by atoms with E-state index in [4.69, 9.17) is 14.6 Å². The smallest absolute Gasteiger partial charge is 0.339 e. The molecule has 1 heterocycles. The van der Waals surface area contributed by atoms with E-state index in [2.05, 4.69) is 5.32 Å². The number of esters is 1. The van der Waals surface area contributed by atoms with Crippen molar-refractivity contribution in [3.8, 4) is 11.1 Å². The average molecular weight is 500 g/mol. The number of ether oxygens (including phenoxy) is 2. The van der Waals surface area contributed by atoms with Crippen LogP contribution in [0.1, 0.15) is 52.7 Å². The summed E-state index contributed by atoms with van der Waals surface area (Å²) in [5.74, 6) is -0.467. The number of aryl methyl sites for hydroxylation is 1. The molecule has 0 radical (unpaired) electrons. The van der Waals surface area contributed by atoms with E-state index in [0.717, 1.165) is 33.3 Å². The summed E-state index contributed by atoms with van der Waals surface area (Å²) in [7, 11) is 1.60. The first-order valence-corrected chi connectivity index (χ1v) is 12.3. The molecule has 37 heavy (non-hydrogen) atoms. The van der Waals surface area contributed by atoms with Gasteiger partial charge in [0.05, 0.1) is 29.9 Å². The topological polar surface area (TPSA) is 82.5 Å². The molecule has 7 nitrogen and oxygen atoms in total. The van der Waals surface area contributed by atoms with Crippen LogP contribution < -0.4 is 5.32 Å². The van der Waals surface area contributed by atoms with Crippen molar-refractivity contribution in [1.82, 2.24) is 15.1 Å². The lowest BCUT2D eigenvalue weighted by atomic mass is 9.98. The number of hydrogen-bond acceptors (Lipinski definition) is 5. The van der Waals surface area contributed by atoms with Gasteiger partial charge in [-0.25, -0.2) is 4.79 Å². The van der Waals surface area contributed by atoms with Gasteiger partial charge in [0.15, 0.2) is 0 Å². The Balaban J connectivity index is 1.54. The van der Waals surface area contributed by atoms with Crippen LogP contribution in [0.4, 0.5) is 0 Å². The first kappa shape index (κ1) is 26.1. The third-order valence-electron chi connectivity index (χ3n) is 5.93. The van der Waals surface area contributed by atoms with Gasteiger partial charge in [-0.1, -0.05) is 42.5 Å². The molecule has 7 heteroatoms. The highest BCUT2D eigenvalue weighted by atomic mass is 16.6. The molecular weight excluding hydrogens is 466 g/mol. The fraction of sp³-hybridized carbons (Fsp3) is 0.300. The van der Waals surface area contributed by atoms with Crippen LogP contribution >= 0.6 is 0 Å². The Morgan fingerprint density at radius 3 is 2.43 bits per heavy atom. The fourth-order valence-electron chi connectivity index (χ4n) is 4.18. The number of benzene rings is 3. The molecule has 4 rings (SSSR count). The van der Waals surface area contributed by atoms with Gasteiger partial charge in [0.2, 0.25) is 0 Å². The molecule has 0 unspecified atom stereocenters. The summed E-state index contributed by atoms with van der Waals surface area (Å²) in [6, 6.07) is 21.2. The van der Waals surface area contributed by atoms with Crippen molar-refractivity contribution < 1.29 is 19.1 Å². The summed E-state index contributed by atoms with van der Waals surface area (Å²) in [5.41, 5.74) is 5.25. The van der Waals surface area contributed by atoms with E-state index in [-0.39, 0.29) is 11.9 Å². The van der Waals surface area contributed by atoms with Crippen LogP contribution in [0.3, 0.4) is 0 Å². The molecule has 0 bridgehead atoms. The molecule has 0 aliphatic heterocycles. The molecule has 192 valence electrons. The number of carbonyl (C=O) groups excluding carboxylic acids is 2. The number of methoxy groups -OCH3 is 1. The minimum absolute atomic E-state index is 0.131. The molecular formula is C30H33N3O4. The second-order valence-electron chi connectivity index (χ2n) is 9.97. The quantitative estimate of drug-likeness (QED) is 0.260. The highest BCUT2D eigenvalue weighted by Gasteiger charge is 2.20. The van der Waals surface area contributed by atoms with Crippen LogP contribution in [0.25, 0.3) is 22.0 Å². The number of nitrogens with one attached hydrogen (secondary N) is 1. The maximum Gasteiger partial charge on any atom is 0.339 e. The lowest BCUT2D eigenvalue weighted by Gasteiger charge is -2.20. The van der Waals surface area contributed by atoms with E-state index < -0.39 is 5.60 Å².